The van der Waals surface area contributed by atoms with Crippen LogP contribution in [0.2, 0.25) is 0 Å². The van der Waals surface area contributed by atoms with Crippen LogP contribution in [0.4, 0.5) is 5.69 Å². The summed E-state index contributed by atoms with van der Waals surface area (Å²) in [7, 11) is 0. The number of furan rings is 1. The van der Waals surface area contributed by atoms with Gasteiger partial charge >= 0.3 is 0 Å². The van der Waals surface area contributed by atoms with Crippen molar-refractivity contribution >= 4 is 23.4 Å². The molecule has 1 aliphatic carbocycles. The molecule has 4 rings (SSSR count). The number of carbonyl (C=O) groups excluding carboxylic acids is 1. The number of aromatic nitrogens is 1. The Bertz CT molecular complexity index is 1180. The van der Waals surface area contributed by atoms with Crippen LogP contribution in [0.1, 0.15) is 36.1 Å². The van der Waals surface area contributed by atoms with E-state index in [2.05, 4.69) is 12.1 Å². The van der Waals surface area contributed by atoms with E-state index < -0.39 is 0 Å². The molecule has 7 heteroatoms. The van der Waals surface area contributed by atoms with E-state index in [1.165, 1.54) is 11.8 Å². The zero-order chi connectivity index (χ0) is 22.3. The lowest BCUT2D eigenvalue weighted by Crippen LogP contribution is -2.33. The number of thioether (sulfide) groups is 1. The molecule has 2 aromatic heterocycles. The molecule has 2 heterocycles. The molecule has 0 fully saturated rings. The van der Waals surface area contributed by atoms with Gasteiger partial charge in [0.1, 0.15) is 16.9 Å². The fourth-order valence-electron chi connectivity index (χ4n) is 3.99. The van der Waals surface area contributed by atoms with E-state index in [9.17, 15) is 10.1 Å². The highest BCUT2D eigenvalue weighted by Crippen LogP contribution is 2.38. The average molecular weight is 443 g/mol. The Balaban J connectivity index is 1.64. The van der Waals surface area contributed by atoms with Crippen molar-refractivity contribution in [3.8, 4) is 23.5 Å². The first kappa shape index (κ1) is 21.7. The van der Waals surface area contributed by atoms with Crippen LogP contribution >= 0.6 is 11.8 Å². The van der Waals surface area contributed by atoms with Crippen molar-refractivity contribution in [2.24, 2.45) is 0 Å². The second-order valence-corrected chi connectivity index (χ2v) is 8.43. The van der Waals surface area contributed by atoms with Gasteiger partial charge < -0.3 is 9.32 Å². The lowest BCUT2D eigenvalue weighted by atomic mass is 9.89. The molecule has 1 aliphatic rings. The number of hydrogen-bond donors (Lipinski definition) is 0. The monoisotopic (exact) mass is 442 g/mol. The van der Waals surface area contributed by atoms with Gasteiger partial charge in [-0.25, -0.2) is 4.98 Å². The summed E-state index contributed by atoms with van der Waals surface area (Å²) < 4.78 is 5.66. The number of anilines is 1. The van der Waals surface area contributed by atoms with E-state index in [0.29, 0.717) is 22.9 Å². The molecule has 6 nitrogen and oxygen atoms in total. The molecule has 0 saturated carbocycles. The zero-order valence-electron chi connectivity index (χ0n) is 17.6. The first-order valence-electron chi connectivity index (χ1n) is 10.6. The highest BCUT2D eigenvalue weighted by atomic mass is 32.2. The van der Waals surface area contributed by atoms with E-state index in [-0.39, 0.29) is 18.1 Å². The van der Waals surface area contributed by atoms with E-state index in [1.807, 2.05) is 42.5 Å². The number of nitriles is 2. The smallest absolute Gasteiger partial charge is 0.237 e. The molecule has 0 aliphatic heterocycles. The van der Waals surface area contributed by atoms with Crippen molar-refractivity contribution in [3.05, 3.63) is 65.5 Å². The Morgan fingerprint density at radius 3 is 2.66 bits per heavy atom. The van der Waals surface area contributed by atoms with Crippen molar-refractivity contribution < 1.29 is 9.21 Å². The Hall–Kier alpha value is -3.55. The summed E-state index contributed by atoms with van der Waals surface area (Å²) in [5.41, 5.74) is 4.09. The minimum atomic E-state index is -0.126. The fourth-order valence-corrected chi connectivity index (χ4v) is 4.88. The maximum atomic E-state index is 13.1. The number of hydrogen-bond acceptors (Lipinski definition) is 6. The summed E-state index contributed by atoms with van der Waals surface area (Å²) in [6.07, 6.45) is 5.69. The predicted molar refractivity (Wildman–Crippen MR) is 123 cm³/mol. The van der Waals surface area contributed by atoms with Gasteiger partial charge in [-0.1, -0.05) is 30.0 Å². The second-order valence-electron chi connectivity index (χ2n) is 7.47. The third-order valence-corrected chi connectivity index (χ3v) is 6.43. The summed E-state index contributed by atoms with van der Waals surface area (Å²) in [5.74, 6) is 0.660. The van der Waals surface area contributed by atoms with Gasteiger partial charge in [0.2, 0.25) is 5.91 Å². The van der Waals surface area contributed by atoms with Gasteiger partial charge in [-0.05, 0) is 55.5 Å². The van der Waals surface area contributed by atoms with Gasteiger partial charge in [0.05, 0.1) is 30.1 Å². The maximum Gasteiger partial charge on any atom is 0.237 e. The van der Waals surface area contributed by atoms with Crippen molar-refractivity contribution in [1.29, 1.82) is 10.5 Å². The number of benzene rings is 1. The van der Waals surface area contributed by atoms with Crippen LogP contribution in [0.5, 0.6) is 0 Å². The van der Waals surface area contributed by atoms with Gasteiger partial charge in [-0.2, -0.15) is 10.5 Å². The molecule has 0 radical (unpaired) electrons. The van der Waals surface area contributed by atoms with Gasteiger partial charge in [0, 0.05) is 23.5 Å². The molecule has 0 N–H and O–H groups in total. The van der Waals surface area contributed by atoms with Gasteiger partial charge in [0.15, 0.2) is 0 Å². The first-order valence-corrected chi connectivity index (χ1v) is 11.6. The fraction of sp³-hybridized carbons (Fsp3) is 0.280. The predicted octanol–water partition coefficient (Wildman–Crippen LogP) is 5.13. The number of para-hydroxylation sites is 1. The lowest BCUT2D eigenvalue weighted by molar-refractivity contribution is -0.116. The molecule has 160 valence electrons. The number of pyridine rings is 1. The van der Waals surface area contributed by atoms with E-state index >= 15 is 0 Å². The number of aryl methyl sites for hydroxylation is 1. The molecule has 0 bridgehead atoms. The molecule has 0 atom stereocenters. The standard InChI is InChI=1S/C25H22N4O2S/c26-13-7-14-29(18-8-2-1-3-9-18)23(30)17-32-25-20(16-27)24(22-12-6-15-31-22)19-10-4-5-11-21(19)28-25/h1-3,6,8-9,12,15H,4-5,7,10-11,14,17H2. The minimum absolute atomic E-state index is 0.123. The molecule has 3 aromatic rings. The Morgan fingerprint density at radius 1 is 1.12 bits per heavy atom. The number of fused-ring (bicyclic) bond motifs is 1. The Kier molecular flexibility index (Phi) is 6.89. The molecule has 1 amide bonds. The molecule has 1 aromatic carbocycles. The van der Waals surface area contributed by atoms with E-state index in [4.69, 9.17) is 14.7 Å². The van der Waals surface area contributed by atoms with Gasteiger partial charge in [-0.15, -0.1) is 0 Å². The third kappa shape index (κ3) is 4.54. The normalized spacial score (nSPS) is 12.4. The van der Waals surface area contributed by atoms with Crippen LogP contribution in [-0.4, -0.2) is 23.2 Å². The molecular formula is C25H22N4O2S. The quantitative estimate of drug-likeness (QED) is 0.471. The van der Waals surface area contributed by atoms with Crippen LogP contribution in [0, 0.1) is 22.7 Å². The van der Waals surface area contributed by atoms with Crippen molar-refractivity contribution in [2.75, 3.05) is 17.2 Å². The van der Waals surface area contributed by atoms with Crippen molar-refractivity contribution in [2.45, 2.75) is 37.1 Å². The van der Waals surface area contributed by atoms with Crippen LogP contribution in [0.3, 0.4) is 0 Å². The van der Waals surface area contributed by atoms with Crippen LogP contribution in [0.25, 0.3) is 11.3 Å². The highest BCUT2D eigenvalue weighted by Gasteiger charge is 2.25. The maximum absolute atomic E-state index is 13.1. The van der Waals surface area contributed by atoms with Crippen LogP contribution in [0.15, 0.2) is 58.2 Å². The summed E-state index contributed by atoms with van der Waals surface area (Å²) in [5, 5.41) is 19.6. The summed E-state index contributed by atoms with van der Waals surface area (Å²) in [6.45, 7) is 0.320. The van der Waals surface area contributed by atoms with Crippen LogP contribution < -0.4 is 4.90 Å². The Labute approximate surface area is 191 Å². The molecule has 0 unspecified atom stereocenters. The number of amides is 1. The number of nitrogens with zero attached hydrogens (tertiary/aromatic N) is 4. The summed E-state index contributed by atoms with van der Waals surface area (Å²) in [6, 6.07) is 17.4. The second kappa shape index (κ2) is 10.2. The highest BCUT2D eigenvalue weighted by molar-refractivity contribution is 8.00. The topological polar surface area (TPSA) is 93.9 Å². The van der Waals surface area contributed by atoms with Crippen molar-refractivity contribution in [3.63, 3.8) is 0 Å². The molecular weight excluding hydrogens is 420 g/mol. The minimum Gasteiger partial charge on any atom is -0.464 e. The third-order valence-electron chi connectivity index (χ3n) is 5.47. The Morgan fingerprint density at radius 2 is 1.94 bits per heavy atom. The van der Waals surface area contributed by atoms with E-state index in [1.54, 1.807) is 11.2 Å². The van der Waals surface area contributed by atoms with Gasteiger partial charge in [-0.3, -0.25) is 4.79 Å². The van der Waals surface area contributed by atoms with Gasteiger partial charge in [0.25, 0.3) is 0 Å². The summed E-state index contributed by atoms with van der Waals surface area (Å²) in [4.78, 5) is 19.5. The zero-order valence-corrected chi connectivity index (χ0v) is 18.4. The number of carbonyl (C=O) groups is 1. The SMILES string of the molecule is N#CCCN(C(=O)CSc1nc2c(c(-c3ccco3)c1C#N)CCCC2)c1ccccc1. The molecule has 0 saturated heterocycles. The van der Waals surface area contributed by atoms with E-state index in [0.717, 1.165) is 48.2 Å². The first-order chi connectivity index (χ1) is 15.7. The lowest BCUT2D eigenvalue weighted by Gasteiger charge is -2.23. The number of rotatable bonds is 7. The largest absolute Gasteiger partial charge is 0.464 e. The average Bonchev–Trinajstić information content (AvgIpc) is 3.37. The van der Waals surface area contributed by atoms with Crippen LogP contribution in [-0.2, 0) is 17.6 Å². The molecule has 32 heavy (non-hydrogen) atoms. The molecule has 0 spiro atoms. The van der Waals surface area contributed by atoms with Crippen molar-refractivity contribution in [1.82, 2.24) is 4.98 Å². The summed E-state index contributed by atoms with van der Waals surface area (Å²) >= 11 is 1.27.